The van der Waals surface area contributed by atoms with Crippen LogP contribution in [0.4, 0.5) is 4.79 Å². The van der Waals surface area contributed by atoms with Gasteiger partial charge in [-0.1, -0.05) is 23.7 Å². The molecule has 11 heteroatoms. The maximum atomic E-state index is 13.4. The van der Waals surface area contributed by atoms with Gasteiger partial charge in [0.25, 0.3) is 0 Å². The number of carbonyl (C=O) groups is 2. The SMILES string of the molecule is COc1ccc(-c2nc(-c3ccc(Cl)cc3)c(Br)n2CC(=O)N2CCN(C(=O)OC(C)(C)C)CC2)cn1. The molecule has 0 aliphatic carbocycles. The number of hydrogen-bond donors (Lipinski definition) is 0. The first kappa shape index (κ1) is 26.9. The quantitative estimate of drug-likeness (QED) is 0.410. The highest BCUT2D eigenvalue weighted by molar-refractivity contribution is 9.10. The summed E-state index contributed by atoms with van der Waals surface area (Å²) in [6.07, 6.45) is 1.30. The number of hydrogen-bond acceptors (Lipinski definition) is 6. The number of halogens is 2. The minimum absolute atomic E-state index is 0.0645. The maximum Gasteiger partial charge on any atom is 0.410 e. The van der Waals surface area contributed by atoms with Gasteiger partial charge >= 0.3 is 6.09 Å². The zero-order valence-corrected chi connectivity index (χ0v) is 23.5. The van der Waals surface area contributed by atoms with E-state index in [1.807, 2.05) is 43.5 Å². The van der Waals surface area contributed by atoms with Gasteiger partial charge in [0.15, 0.2) is 0 Å². The molecule has 1 saturated heterocycles. The Kier molecular flexibility index (Phi) is 8.08. The highest BCUT2D eigenvalue weighted by atomic mass is 79.9. The molecule has 1 aromatic carbocycles. The van der Waals surface area contributed by atoms with Gasteiger partial charge in [0, 0.05) is 54.6 Å². The molecule has 1 aliphatic heterocycles. The van der Waals surface area contributed by atoms with Crippen LogP contribution in [-0.2, 0) is 16.1 Å². The fraction of sp³-hybridized carbons (Fsp3) is 0.385. The summed E-state index contributed by atoms with van der Waals surface area (Å²) in [5, 5.41) is 0.625. The van der Waals surface area contributed by atoms with E-state index in [9.17, 15) is 9.59 Å². The molecule has 2 aromatic heterocycles. The molecule has 0 spiro atoms. The first-order valence-corrected chi connectivity index (χ1v) is 13.0. The third-order valence-electron chi connectivity index (χ3n) is 5.80. The number of methoxy groups -OCH3 is 1. The van der Waals surface area contributed by atoms with Gasteiger partial charge < -0.3 is 23.8 Å². The molecule has 1 fully saturated rings. The van der Waals surface area contributed by atoms with Gasteiger partial charge in [-0.3, -0.25) is 4.79 Å². The number of piperazine rings is 1. The predicted molar refractivity (Wildman–Crippen MR) is 145 cm³/mol. The number of amides is 2. The van der Waals surface area contributed by atoms with Crippen molar-refractivity contribution in [1.82, 2.24) is 24.3 Å². The summed E-state index contributed by atoms with van der Waals surface area (Å²) >= 11 is 9.75. The second-order valence-corrected chi connectivity index (χ2v) is 10.8. The van der Waals surface area contributed by atoms with E-state index >= 15 is 0 Å². The van der Waals surface area contributed by atoms with Crippen LogP contribution >= 0.6 is 27.5 Å². The van der Waals surface area contributed by atoms with E-state index in [0.29, 0.717) is 53.2 Å². The Hall–Kier alpha value is -3.11. The van der Waals surface area contributed by atoms with Crippen LogP contribution in [0.25, 0.3) is 22.6 Å². The molecule has 3 aromatic rings. The second-order valence-electron chi connectivity index (χ2n) is 9.61. The van der Waals surface area contributed by atoms with E-state index in [4.69, 9.17) is 26.1 Å². The molecule has 0 bridgehead atoms. The Morgan fingerprint density at radius 2 is 1.62 bits per heavy atom. The smallest absolute Gasteiger partial charge is 0.410 e. The van der Waals surface area contributed by atoms with Gasteiger partial charge in [-0.25, -0.2) is 14.8 Å². The molecule has 0 unspecified atom stereocenters. The van der Waals surface area contributed by atoms with Gasteiger partial charge in [-0.15, -0.1) is 0 Å². The Labute approximate surface area is 229 Å². The highest BCUT2D eigenvalue weighted by Crippen LogP contribution is 2.34. The number of aromatic nitrogens is 3. The van der Waals surface area contributed by atoms with Crippen LogP contribution in [0.15, 0.2) is 47.2 Å². The molecule has 0 saturated carbocycles. The minimum Gasteiger partial charge on any atom is -0.481 e. The molecule has 2 amide bonds. The van der Waals surface area contributed by atoms with Crippen LogP contribution in [0, 0.1) is 0 Å². The predicted octanol–water partition coefficient (Wildman–Crippen LogP) is 5.12. The van der Waals surface area contributed by atoms with E-state index < -0.39 is 5.60 Å². The molecule has 1 aliphatic rings. The molecule has 9 nitrogen and oxygen atoms in total. The maximum absolute atomic E-state index is 13.4. The third-order valence-corrected chi connectivity index (χ3v) is 6.86. The van der Waals surface area contributed by atoms with Crippen LogP contribution in [-0.4, -0.2) is 75.2 Å². The van der Waals surface area contributed by atoms with Crippen molar-refractivity contribution in [2.45, 2.75) is 32.9 Å². The number of nitrogens with zero attached hydrogens (tertiary/aromatic N) is 5. The molecular weight excluding hydrogens is 562 g/mol. The Bertz CT molecular complexity index is 1260. The lowest BCUT2D eigenvalue weighted by Crippen LogP contribution is -2.52. The van der Waals surface area contributed by atoms with Crippen LogP contribution in [0.1, 0.15) is 20.8 Å². The summed E-state index contributed by atoms with van der Waals surface area (Å²) < 4.78 is 13.1. The van der Waals surface area contributed by atoms with E-state index in [0.717, 1.165) is 11.1 Å². The zero-order chi connectivity index (χ0) is 26.7. The van der Waals surface area contributed by atoms with Crippen LogP contribution in [0.2, 0.25) is 5.02 Å². The van der Waals surface area contributed by atoms with Crippen molar-refractivity contribution in [2.24, 2.45) is 0 Å². The molecule has 196 valence electrons. The van der Waals surface area contributed by atoms with Crippen molar-refractivity contribution >= 4 is 39.5 Å². The summed E-state index contributed by atoms with van der Waals surface area (Å²) in [5.74, 6) is 0.998. The Balaban J connectivity index is 1.57. The summed E-state index contributed by atoms with van der Waals surface area (Å²) in [6, 6.07) is 11.0. The summed E-state index contributed by atoms with van der Waals surface area (Å²) in [6.45, 7) is 7.25. The number of pyridine rings is 1. The monoisotopic (exact) mass is 589 g/mol. The molecular formula is C26H29BrClN5O4. The number of ether oxygens (including phenoxy) is 2. The van der Waals surface area contributed by atoms with Crippen molar-refractivity contribution in [3.63, 3.8) is 0 Å². The van der Waals surface area contributed by atoms with Crippen molar-refractivity contribution in [3.8, 4) is 28.5 Å². The largest absolute Gasteiger partial charge is 0.481 e. The number of rotatable bonds is 5. The van der Waals surface area contributed by atoms with E-state index in [1.165, 1.54) is 0 Å². The fourth-order valence-electron chi connectivity index (χ4n) is 3.92. The zero-order valence-electron chi connectivity index (χ0n) is 21.2. The first-order valence-electron chi connectivity index (χ1n) is 11.8. The second kappa shape index (κ2) is 11.1. The van der Waals surface area contributed by atoms with Gasteiger partial charge in [0.1, 0.15) is 28.3 Å². The average molecular weight is 591 g/mol. The van der Waals surface area contributed by atoms with E-state index in [2.05, 4.69) is 20.9 Å². The van der Waals surface area contributed by atoms with Crippen molar-refractivity contribution < 1.29 is 19.1 Å². The average Bonchev–Trinajstić information content (AvgIpc) is 3.19. The highest BCUT2D eigenvalue weighted by Gasteiger charge is 2.29. The number of imidazole rings is 1. The lowest BCUT2D eigenvalue weighted by Gasteiger charge is -2.35. The Morgan fingerprint density at radius 1 is 1.00 bits per heavy atom. The number of carbonyl (C=O) groups excluding carboxylic acids is 2. The Morgan fingerprint density at radius 3 is 2.19 bits per heavy atom. The fourth-order valence-corrected chi connectivity index (χ4v) is 4.66. The van der Waals surface area contributed by atoms with Crippen molar-refractivity contribution in [1.29, 1.82) is 0 Å². The molecule has 0 radical (unpaired) electrons. The summed E-state index contributed by atoms with van der Waals surface area (Å²) in [5.41, 5.74) is 1.72. The third kappa shape index (κ3) is 6.42. The minimum atomic E-state index is -0.563. The van der Waals surface area contributed by atoms with E-state index in [-0.39, 0.29) is 18.5 Å². The normalized spacial score (nSPS) is 14.0. The summed E-state index contributed by atoms with van der Waals surface area (Å²) in [7, 11) is 1.55. The molecule has 4 rings (SSSR count). The lowest BCUT2D eigenvalue weighted by atomic mass is 10.2. The van der Waals surface area contributed by atoms with Gasteiger partial charge in [-0.05, 0) is 54.9 Å². The summed E-state index contributed by atoms with van der Waals surface area (Å²) in [4.78, 5) is 38.3. The lowest BCUT2D eigenvalue weighted by molar-refractivity contribution is -0.133. The first-order chi connectivity index (χ1) is 17.6. The van der Waals surface area contributed by atoms with Crippen molar-refractivity contribution in [2.75, 3.05) is 33.3 Å². The van der Waals surface area contributed by atoms with Crippen LogP contribution in [0.5, 0.6) is 5.88 Å². The number of benzene rings is 1. The molecule has 0 N–H and O–H groups in total. The van der Waals surface area contributed by atoms with Gasteiger partial charge in [0.2, 0.25) is 11.8 Å². The van der Waals surface area contributed by atoms with E-state index in [1.54, 1.807) is 41.3 Å². The van der Waals surface area contributed by atoms with Crippen molar-refractivity contribution in [3.05, 3.63) is 52.2 Å². The standard InChI is InChI=1S/C26H29BrClN5O4/c1-26(2,3)37-25(35)32-13-11-31(12-14-32)21(34)16-33-23(27)22(17-5-8-19(28)9-6-17)30-24(33)18-7-10-20(36-4)29-15-18/h5-10,15H,11-14,16H2,1-4H3. The topological polar surface area (TPSA) is 89.8 Å². The molecule has 37 heavy (non-hydrogen) atoms. The molecule has 0 atom stereocenters. The van der Waals surface area contributed by atoms with Crippen LogP contribution < -0.4 is 4.74 Å². The van der Waals surface area contributed by atoms with Crippen LogP contribution in [0.3, 0.4) is 0 Å². The van der Waals surface area contributed by atoms with Gasteiger partial charge in [-0.2, -0.15) is 0 Å². The molecule has 3 heterocycles. The van der Waals surface area contributed by atoms with Gasteiger partial charge in [0.05, 0.1) is 7.11 Å².